The molecule has 0 unspecified atom stereocenters. The number of hydrazine groups is 1. The number of fused-ring (bicyclic) bond motifs is 2. The van der Waals surface area contributed by atoms with Crippen LogP contribution in [0.5, 0.6) is 5.88 Å². The van der Waals surface area contributed by atoms with Crippen molar-refractivity contribution in [3.05, 3.63) is 51.6 Å². The highest BCUT2D eigenvalue weighted by Crippen LogP contribution is 2.48. The molecular formula is C19H18Cl2N4O3. The maximum atomic E-state index is 12.8. The van der Waals surface area contributed by atoms with Gasteiger partial charge in [-0.2, -0.15) is 0 Å². The van der Waals surface area contributed by atoms with Crippen molar-refractivity contribution in [2.45, 2.75) is 37.2 Å². The molecule has 1 spiro atoms. The summed E-state index contributed by atoms with van der Waals surface area (Å²) in [5.41, 5.74) is 3.45. The average Bonchev–Trinajstić information content (AvgIpc) is 2.96. The molecule has 2 amide bonds. The first-order valence-corrected chi connectivity index (χ1v) is 9.63. The SMILES string of the molecule is NNC(=O)c1ccc2c(c1)C1(CCC(Oc3ncc(Cl)cc3Cl)CC1)C(=O)N2. The molecule has 7 nitrogen and oxygen atoms in total. The first kappa shape index (κ1) is 19.0. The van der Waals surface area contributed by atoms with Crippen molar-refractivity contribution < 1.29 is 14.3 Å². The summed E-state index contributed by atoms with van der Waals surface area (Å²) in [4.78, 5) is 28.8. The lowest BCUT2D eigenvalue weighted by molar-refractivity contribution is -0.122. The molecule has 28 heavy (non-hydrogen) atoms. The highest BCUT2D eigenvalue weighted by atomic mass is 35.5. The van der Waals surface area contributed by atoms with Crippen molar-refractivity contribution >= 4 is 40.7 Å². The van der Waals surface area contributed by atoms with Crippen molar-refractivity contribution in [1.29, 1.82) is 0 Å². The summed E-state index contributed by atoms with van der Waals surface area (Å²) in [5.74, 6) is 5.14. The van der Waals surface area contributed by atoms with E-state index in [0.29, 0.717) is 47.2 Å². The van der Waals surface area contributed by atoms with Gasteiger partial charge in [0.05, 0.1) is 10.4 Å². The van der Waals surface area contributed by atoms with Crippen LogP contribution in [-0.4, -0.2) is 22.9 Å². The van der Waals surface area contributed by atoms with Gasteiger partial charge in [0.25, 0.3) is 5.91 Å². The van der Waals surface area contributed by atoms with E-state index < -0.39 is 11.3 Å². The first-order chi connectivity index (χ1) is 13.4. The van der Waals surface area contributed by atoms with Crippen molar-refractivity contribution in [2.75, 3.05) is 5.32 Å². The maximum absolute atomic E-state index is 12.8. The molecule has 0 bridgehead atoms. The summed E-state index contributed by atoms with van der Waals surface area (Å²) in [6.07, 6.45) is 3.87. The molecule has 9 heteroatoms. The second-order valence-electron chi connectivity index (χ2n) is 7.03. The molecule has 0 atom stereocenters. The summed E-state index contributed by atoms with van der Waals surface area (Å²) in [6, 6.07) is 6.71. The third-order valence-electron chi connectivity index (χ3n) is 5.45. The Labute approximate surface area is 171 Å². The standard InChI is InChI=1S/C19H18Cl2N4O3/c20-11-8-14(21)17(23-9-11)28-12-3-5-19(6-4-12)13-7-10(16(26)25-22)1-2-15(13)24-18(19)27/h1-2,7-9,12H,3-6,22H2,(H,24,27)(H,25,26). The summed E-state index contributed by atoms with van der Waals surface area (Å²) >= 11 is 12.0. The minimum Gasteiger partial charge on any atom is -0.473 e. The highest BCUT2D eigenvalue weighted by Gasteiger charge is 2.49. The van der Waals surface area contributed by atoms with Crippen LogP contribution in [0, 0.1) is 0 Å². The van der Waals surface area contributed by atoms with E-state index in [1.165, 1.54) is 6.20 Å². The van der Waals surface area contributed by atoms with Crippen LogP contribution in [0.2, 0.25) is 10.0 Å². The second kappa shape index (κ2) is 7.24. The van der Waals surface area contributed by atoms with E-state index >= 15 is 0 Å². The Bertz CT molecular complexity index is 958. The number of hydrogen-bond acceptors (Lipinski definition) is 5. The molecule has 1 aromatic carbocycles. The molecule has 1 aromatic heterocycles. The number of nitrogens with one attached hydrogen (secondary N) is 2. The number of pyridine rings is 1. The number of benzene rings is 1. The number of hydrogen-bond donors (Lipinski definition) is 3. The molecule has 1 saturated carbocycles. The number of rotatable bonds is 3. The molecule has 0 radical (unpaired) electrons. The van der Waals surface area contributed by atoms with Crippen LogP contribution in [-0.2, 0) is 10.2 Å². The Balaban J connectivity index is 1.54. The Morgan fingerprint density at radius 2 is 2.04 bits per heavy atom. The minimum absolute atomic E-state index is 0.0473. The lowest BCUT2D eigenvalue weighted by atomic mass is 9.69. The topological polar surface area (TPSA) is 106 Å². The molecule has 4 N–H and O–H groups in total. The minimum atomic E-state index is -0.669. The van der Waals surface area contributed by atoms with Gasteiger partial charge in [-0.05, 0) is 55.5 Å². The van der Waals surface area contributed by atoms with E-state index in [1.54, 1.807) is 24.3 Å². The van der Waals surface area contributed by atoms with Gasteiger partial charge in [-0.15, -0.1) is 0 Å². The predicted molar refractivity (Wildman–Crippen MR) is 106 cm³/mol. The third kappa shape index (κ3) is 3.19. The summed E-state index contributed by atoms with van der Waals surface area (Å²) in [7, 11) is 0. The van der Waals surface area contributed by atoms with E-state index in [4.69, 9.17) is 33.8 Å². The molecular weight excluding hydrogens is 403 g/mol. The molecule has 1 aliphatic heterocycles. The van der Waals surface area contributed by atoms with Crippen LogP contribution in [0.4, 0.5) is 5.69 Å². The van der Waals surface area contributed by atoms with Gasteiger partial charge in [-0.25, -0.2) is 10.8 Å². The monoisotopic (exact) mass is 420 g/mol. The fourth-order valence-electron chi connectivity index (χ4n) is 3.98. The summed E-state index contributed by atoms with van der Waals surface area (Å²) in [5, 5.41) is 3.73. The fraction of sp³-hybridized carbons (Fsp3) is 0.316. The van der Waals surface area contributed by atoms with E-state index in [0.717, 1.165) is 11.3 Å². The number of nitrogens with zero attached hydrogens (tertiary/aromatic N) is 1. The van der Waals surface area contributed by atoms with Gasteiger partial charge in [0.2, 0.25) is 11.8 Å². The molecule has 2 aromatic rings. The zero-order chi connectivity index (χ0) is 19.9. The van der Waals surface area contributed by atoms with Crippen LogP contribution < -0.4 is 21.3 Å². The van der Waals surface area contributed by atoms with Crippen LogP contribution >= 0.6 is 23.2 Å². The number of carbonyl (C=O) groups excluding carboxylic acids is 2. The van der Waals surface area contributed by atoms with Crippen molar-refractivity contribution in [1.82, 2.24) is 10.4 Å². The smallest absolute Gasteiger partial charge is 0.265 e. The van der Waals surface area contributed by atoms with E-state index in [1.807, 2.05) is 0 Å². The Morgan fingerprint density at radius 3 is 2.71 bits per heavy atom. The quantitative estimate of drug-likeness (QED) is 0.401. The van der Waals surface area contributed by atoms with Gasteiger partial charge in [0.15, 0.2) is 0 Å². The van der Waals surface area contributed by atoms with Crippen molar-refractivity contribution in [3.8, 4) is 5.88 Å². The van der Waals surface area contributed by atoms with Crippen LogP contribution in [0.1, 0.15) is 41.6 Å². The lowest BCUT2D eigenvalue weighted by Crippen LogP contribution is -2.41. The van der Waals surface area contributed by atoms with Gasteiger partial charge < -0.3 is 10.1 Å². The van der Waals surface area contributed by atoms with Gasteiger partial charge >= 0.3 is 0 Å². The maximum Gasteiger partial charge on any atom is 0.265 e. The normalized spacial score (nSPS) is 23.2. The second-order valence-corrected chi connectivity index (χ2v) is 7.87. The molecule has 4 rings (SSSR count). The zero-order valence-corrected chi connectivity index (χ0v) is 16.3. The number of nitrogen functional groups attached to an aromatic ring is 1. The number of amides is 2. The Morgan fingerprint density at radius 1 is 1.29 bits per heavy atom. The Hall–Kier alpha value is -2.35. The number of nitrogens with two attached hydrogens (primary N) is 1. The van der Waals surface area contributed by atoms with E-state index in [2.05, 4.69) is 15.7 Å². The van der Waals surface area contributed by atoms with Crippen LogP contribution in [0.3, 0.4) is 0 Å². The van der Waals surface area contributed by atoms with Crippen LogP contribution in [0.15, 0.2) is 30.5 Å². The molecule has 0 saturated heterocycles. The number of anilines is 1. The number of aromatic nitrogens is 1. The van der Waals surface area contributed by atoms with Crippen molar-refractivity contribution in [3.63, 3.8) is 0 Å². The highest BCUT2D eigenvalue weighted by molar-refractivity contribution is 6.35. The molecule has 1 fully saturated rings. The molecule has 146 valence electrons. The predicted octanol–water partition coefficient (Wildman–Crippen LogP) is 3.20. The number of ether oxygens (including phenoxy) is 1. The third-order valence-corrected chi connectivity index (χ3v) is 5.93. The molecule has 2 heterocycles. The van der Waals surface area contributed by atoms with E-state index in [9.17, 15) is 9.59 Å². The van der Waals surface area contributed by atoms with Gasteiger partial charge in [0, 0.05) is 17.4 Å². The molecule has 1 aliphatic carbocycles. The van der Waals surface area contributed by atoms with Gasteiger partial charge in [-0.1, -0.05) is 23.2 Å². The number of halogens is 2. The largest absolute Gasteiger partial charge is 0.473 e. The Kier molecular flexibility index (Phi) is 4.91. The van der Waals surface area contributed by atoms with Crippen molar-refractivity contribution in [2.24, 2.45) is 5.84 Å². The van der Waals surface area contributed by atoms with E-state index in [-0.39, 0.29) is 12.0 Å². The zero-order valence-electron chi connectivity index (χ0n) is 14.8. The first-order valence-electron chi connectivity index (χ1n) is 8.87. The lowest BCUT2D eigenvalue weighted by Gasteiger charge is -2.35. The molecule has 2 aliphatic rings. The van der Waals surface area contributed by atoms with Gasteiger partial charge in [-0.3, -0.25) is 15.0 Å². The number of carbonyl (C=O) groups is 2. The van der Waals surface area contributed by atoms with Crippen LogP contribution in [0.25, 0.3) is 0 Å². The summed E-state index contributed by atoms with van der Waals surface area (Å²) < 4.78 is 5.93. The summed E-state index contributed by atoms with van der Waals surface area (Å²) in [6.45, 7) is 0. The fourth-order valence-corrected chi connectivity index (χ4v) is 4.41. The van der Waals surface area contributed by atoms with Gasteiger partial charge in [0.1, 0.15) is 11.1 Å². The average molecular weight is 421 g/mol.